The normalized spacial score (nSPS) is 21.2. The summed E-state index contributed by atoms with van der Waals surface area (Å²) in [5.74, 6) is 1.16. The predicted molar refractivity (Wildman–Crippen MR) is 68.0 cm³/mol. The fourth-order valence-corrected chi connectivity index (χ4v) is 2.33. The minimum absolute atomic E-state index is 0.608. The van der Waals surface area contributed by atoms with Gasteiger partial charge in [-0.3, -0.25) is 0 Å². The molecule has 16 heavy (non-hydrogen) atoms. The molecule has 0 amide bonds. The van der Waals surface area contributed by atoms with E-state index in [0.29, 0.717) is 6.04 Å². The molecule has 1 N–H and O–H groups in total. The van der Waals surface area contributed by atoms with Crippen LogP contribution in [0.4, 0.5) is 5.82 Å². The lowest BCUT2D eigenvalue weighted by atomic mass is 10.1. The minimum atomic E-state index is 0.608. The van der Waals surface area contributed by atoms with Crippen LogP contribution in [0.5, 0.6) is 0 Å². The molecule has 1 aliphatic rings. The molecule has 0 aliphatic carbocycles. The van der Waals surface area contributed by atoms with Crippen molar-refractivity contribution in [2.45, 2.75) is 33.2 Å². The van der Waals surface area contributed by atoms with Crippen LogP contribution in [0.1, 0.15) is 24.5 Å². The highest BCUT2D eigenvalue weighted by atomic mass is 15.2. The van der Waals surface area contributed by atoms with Gasteiger partial charge in [0.2, 0.25) is 0 Å². The summed E-state index contributed by atoms with van der Waals surface area (Å²) in [6.45, 7) is 9.68. The summed E-state index contributed by atoms with van der Waals surface area (Å²) in [5.41, 5.74) is 2.53. The standard InChI is InChI=1S/C13H21N3/c1-4-12-9-16(6-5-14-12)13-11(3)7-10(2)8-15-13/h7-8,12,14H,4-6,9H2,1-3H3. The Balaban J connectivity index is 2.16. The zero-order valence-corrected chi connectivity index (χ0v) is 10.5. The van der Waals surface area contributed by atoms with Crippen LogP contribution in [0, 0.1) is 13.8 Å². The molecule has 0 saturated carbocycles. The summed E-state index contributed by atoms with van der Waals surface area (Å²) < 4.78 is 0. The Kier molecular flexibility index (Phi) is 3.44. The number of aryl methyl sites for hydroxylation is 2. The monoisotopic (exact) mass is 219 g/mol. The van der Waals surface area contributed by atoms with E-state index in [1.165, 1.54) is 17.5 Å². The maximum atomic E-state index is 4.57. The first-order chi connectivity index (χ1) is 7.70. The van der Waals surface area contributed by atoms with E-state index in [4.69, 9.17) is 0 Å². The average molecular weight is 219 g/mol. The predicted octanol–water partition coefficient (Wildman–Crippen LogP) is 1.89. The van der Waals surface area contributed by atoms with Crippen LogP contribution in [0.3, 0.4) is 0 Å². The highest BCUT2D eigenvalue weighted by Crippen LogP contribution is 2.19. The van der Waals surface area contributed by atoms with Crippen LogP contribution in [0.2, 0.25) is 0 Å². The molecule has 2 heterocycles. The molecule has 0 aromatic carbocycles. The fourth-order valence-electron chi connectivity index (χ4n) is 2.33. The number of hydrogen-bond donors (Lipinski definition) is 1. The first-order valence-electron chi connectivity index (χ1n) is 6.12. The van der Waals surface area contributed by atoms with Crippen molar-refractivity contribution >= 4 is 5.82 Å². The maximum Gasteiger partial charge on any atom is 0.131 e. The van der Waals surface area contributed by atoms with Gasteiger partial charge in [0.1, 0.15) is 5.82 Å². The summed E-state index contributed by atoms with van der Waals surface area (Å²) >= 11 is 0. The SMILES string of the molecule is CCC1CN(c2ncc(C)cc2C)CCN1. The summed E-state index contributed by atoms with van der Waals surface area (Å²) in [6, 6.07) is 2.82. The van der Waals surface area contributed by atoms with Crippen LogP contribution < -0.4 is 10.2 Å². The fraction of sp³-hybridized carbons (Fsp3) is 0.615. The number of hydrogen-bond acceptors (Lipinski definition) is 3. The van der Waals surface area contributed by atoms with E-state index in [9.17, 15) is 0 Å². The number of nitrogens with zero attached hydrogens (tertiary/aromatic N) is 2. The lowest BCUT2D eigenvalue weighted by Crippen LogP contribution is -2.50. The van der Waals surface area contributed by atoms with Gasteiger partial charge in [-0.2, -0.15) is 0 Å². The Morgan fingerprint density at radius 2 is 2.31 bits per heavy atom. The molecule has 0 bridgehead atoms. The first-order valence-corrected chi connectivity index (χ1v) is 6.12. The maximum absolute atomic E-state index is 4.57. The van der Waals surface area contributed by atoms with Gasteiger partial charge in [-0.05, 0) is 31.4 Å². The van der Waals surface area contributed by atoms with Crippen molar-refractivity contribution in [1.29, 1.82) is 0 Å². The number of anilines is 1. The van der Waals surface area contributed by atoms with Crippen molar-refractivity contribution < 1.29 is 0 Å². The summed E-state index contributed by atoms with van der Waals surface area (Å²) in [5, 5.41) is 3.53. The third-order valence-corrected chi connectivity index (χ3v) is 3.24. The van der Waals surface area contributed by atoms with Crippen molar-refractivity contribution in [2.75, 3.05) is 24.5 Å². The summed E-state index contributed by atoms with van der Waals surface area (Å²) in [4.78, 5) is 6.97. The van der Waals surface area contributed by atoms with Gasteiger partial charge in [0.05, 0.1) is 0 Å². The topological polar surface area (TPSA) is 28.2 Å². The van der Waals surface area contributed by atoms with Crippen molar-refractivity contribution in [2.24, 2.45) is 0 Å². The third kappa shape index (κ3) is 2.35. The number of pyridine rings is 1. The average Bonchev–Trinajstić information content (AvgIpc) is 2.29. The number of aromatic nitrogens is 1. The van der Waals surface area contributed by atoms with E-state index in [-0.39, 0.29) is 0 Å². The van der Waals surface area contributed by atoms with Gasteiger partial charge in [0.25, 0.3) is 0 Å². The second-order valence-corrected chi connectivity index (χ2v) is 4.66. The molecule has 1 atom stereocenters. The first kappa shape index (κ1) is 11.4. The van der Waals surface area contributed by atoms with Crippen molar-refractivity contribution in [1.82, 2.24) is 10.3 Å². The Hall–Kier alpha value is -1.09. The quantitative estimate of drug-likeness (QED) is 0.823. The minimum Gasteiger partial charge on any atom is -0.354 e. The van der Waals surface area contributed by atoms with Crippen LogP contribution in [-0.4, -0.2) is 30.7 Å². The summed E-state index contributed by atoms with van der Waals surface area (Å²) in [7, 11) is 0. The van der Waals surface area contributed by atoms with Gasteiger partial charge in [-0.1, -0.05) is 13.0 Å². The lowest BCUT2D eigenvalue weighted by Gasteiger charge is -2.34. The van der Waals surface area contributed by atoms with Gasteiger partial charge in [0.15, 0.2) is 0 Å². The van der Waals surface area contributed by atoms with E-state index in [2.05, 4.69) is 42.0 Å². The zero-order chi connectivity index (χ0) is 11.5. The summed E-state index contributed by atoms with van der Waals surface area (Å²) in [6.07, 6.45) is 3.15. The highest BCUT2D eigenvalue weighted by Gasteiger charge is 2.19. The molecule has 0 spiro atoms. The zero-order valence-electron chi connectivity index (χ0n) is 10.5. The van der Waals surface area contributed by atoms with Crippen LogP contribution in [-0.2, 0) is 0 Å². The molecule has 3 heteroatoms. The van der Waals surface area contributed by atoms with E-state index in [1.54, 1.807) is 0 Å². The molecule has 1 fully saturated rings. The van der Waals surface area contributed by atoms with Gasteiger partial charge in [0, 0.05) is 31.9 Å². The van der Waals surface area contributed by atoms with Crippen LogP contribution >= 0.6 is 0 Å². The molecule has 1 aromatic rings. The Labute approximate surface area is 97.9 Å². The Bertz CT molecular complexity index is 362. The second kappa shape index (κ2) is 4.83. The molecule has 3 nitrogen and oxygen atoms in total. The third-order valence-electron chi connectivity index (χ3n) is 3.24. The molecule has 1 unspecified atom stereocenters. The van der Waals surface area contributed by atoms with Crippen molar-refractivity contribution in [3.8, 4) is 0 Å². The molecule has 1 saturated heterocycles. The lowest BCUT2D eigenvalue weighted by molar-refractivity contribution is 0.444. The number of rotatable bonds is 2. The van der Waals surface area contributed by atoms with Gasteiger partial charge in [-0.25, -0.2) is 4.98 Å². The van der Waals surface area contributed by atoms with Gasteiger partial charge >= 0.3 is 0 Å². The molecule has 88 valence electrons. The molecule has 0 radical (unpaired) electrons. The molecular weight excluding hydrogens is 198 g/mol. The molecule has 1 aromatic heterocycles. The van der Waals surface area contributed by atoms with E-state index >= 15 is 0 Å². The van der Waals surface area contributed by atoms with E-state index < -0.39 is 0 Å². The Morgan fingerprint density at radius 3 is 3.00 bits per heavy atom. The highest BCUT2D eigenvalue weighted by molar-refractivity contribution is 5.47. The molecule has 2 rings (SSSR count). The number of nitrogens with one attached hydrogen (secondary N) is 1. The van der Waals surface area contributed by atoms with Gasteiger partial charge in [-0.15, -0.1) is 0 Å². The smallest absolute Gasteiger partial charge is 0.131 e. The van der Waals surface area contributed by atoms with E-state index in [0.717, 1.165) is 25.5 Å². The van der Waals surface area contributed by atoms with Crippen molar-refractivity contribution in [3.05, 3.63) is 23.4 Å². The number of piperazine rings is 1. The van der Waals surface area contributed by atoms with Gasteiger partial charge < -0.3 is 10.2 Å². The van der Waals surface area contributed by atoms with Crippen LogP contribution in [0.15, 0.2) is 12.3 Å². The molecular formula is C13H21N3. The van der Waals surface area contributed by atoms with Crippen LogP contribution in [0.25, 0.3) is 0 Å². The van der Waals surface area contributed by atoms with Crippen molar-refractivity contribution in [3.63, 3.8) is 0 Å². The van der Waals surface area contributed by atoms with E-state index in [1.807, 2.05) is 6.20 Å². The Morgan fingerprint density at radius 1 is 1.50 bits per heavy atom. The second-order valence-electron chi connectivity index (χ2n) is 4.66. The molecule has 1 aliphatic heterocycles. The largest absolute Gasteiger partial charge is 0.354 e.